The van der Waals surface area contributed by atoms with Crippen molar-refractivity contribution >= 4 is 5.91 Å². The molecule has 1 atom stereocenters. The Morgan fingerprint density at radius 1 is 1.08 bits per heavy atom. The van der Waals surface area contributed by atoms with Gasteiger partial charge in [0.1, 0.15) is 0 Å². The van der Waals surface area contributed by atoms with Crippen LogP contribution in [0.15, 0.2) is 54.6 Å². The van der Waals surface area contributed by atoms with Crippen LogP contribution in [0.2, 0.25) is 0 Å². The second kappa shape index (κ2) is 7.86. The minimum Gasteiger partial charge on any atom is -0.493 e. The van der Waals surface area contributed by atoms with E-state index in [1.807, 2.05) is 47.4 Å². The molecular formula is C20H23NO3. The van der Waals surface area contributed by atoms with Crippen molar-refractivity contribution in [2.24, 2.45) is 0 Å². The monoisotopic (exact) mass is 325 g/mol. The van der Waals surface area contributed by atoms with Crippen LogP contribution >= 0.6 is 0 Å². The molecule has 0 aromatic heterocycles. The maximum absolute atomic E-state index is 12.6. The van der Waals surface area contributed by atoms with Crippen molar-refractivity contribution in [3.63, 3.8) is 0 Å². The van der Waals surface area contributed by atoms with Gasteiger partial charge in [0.25, 0.3) is 0 Å². The Morgan fingerprint density at radius 2 is 1.79 bits per heavy atom. The number of methoxy groups -OCH3 is 1. The number of hydrogen-bond donors (Lipinski definition) is 0. The van der Waals surface area contributed by atoms with Gasteiger partial charge < -0.3 is 14.4 Å². The van der Waals surface area contributed by atoms with Crippen molar-refractivity contribution in [3.8, 4) is 11.5 Å². The Hall–Kier alpha value is -2.49. The fourth-order valence-corrected chi connectivity index (χ4v) is 3.22. The maximum Gasteiger partial charge on any atom is 0.226 e. The standard InChI is InChI=1S/C20H23NO3/c1-23-18-11-5-6-12-19(18)24-15-13-20(22)21-14-7-10-17(21)16-8-3-2-4-9-16/h2-6,8-9,11-12,17H,7,10,13-15H2,1H3. The van der Waals surface area contributed by atoms with Gasteiger partial charge in [0.15, 0.2) is 11.5 Å². The SMILES string of the molecule is COc1ccccc1OCCC(=O)N1CCCC1c1ccccc1. The highest BCUT2D eigenvalue weighted by Crippen LogP contribution is 2.32. The number of carbonyl (C=O) groups is 1. The maximum atomic E-state index is 12.6. The molecule has 0 saturated carbocycles. The predicted octanol–water partition coefficient (Wildman–Crippen LogP) is 3.83. The van der Waals surface area contributed by atoms with Crippen molar-refractivity contribution < 1.29 is 14.3 Å². The zero-order valence-corrected chi connectivity index (χ0v) is 14.0. The highest BCUT2D eigenvalue weighted by atomic mass is 16.5. The highest BCUT2D eigenvalue weighted by Gasteiger charge is 2.29. The van der Waals surface area contributed by atoms with Gasteiger partial charge in [-0.15, -0.1) is 0 Å². The lowest BCUT2D eigenvalue weighted by molar-refractivity contribution is -0.132. The molecule has 1 aliphatic heterocycles. The smallest absolute Gasteiger partial charge is 0.226 e. The van der Waals surface area contributed by atoms with Gasteiger partial charge in [-0.2, -0.15) is 0 Å². The molecule has 1 unspecified atom stereocenters. The average Bonchev–Trinajstić information content (AvgIpc) is 3.12. The molecule has 24 heavy (non-hydrogen) atoms. The minimum absolute atomic E-state index is 0.149. The first-order valence-electron chi connectivity index (χ1n) is 8.40. The normalized spacial score (nSPS) is 16.9. The van der Waals surface area contributed by atoms with Crippen LogP contribution in [-0.4, -0.2) is 31.1 Å². The summed E-state index contributed by atoms with van der Waals surface area (Å²) in [5.41, 5.74) is 1.22. The van der Waals surface area contributed by atoms with Gasteiger partial charge in [-0.1, -0.05) is 42.5 Å². The Kier molecular flexibility index (Phi) is 5.36. The van der Waals surface area contributed by atoms with Gasteiger partial charge in [-0.25, -0.2) is 0 Å². The summed E-state index contributed by atoms with van der Waals surface area (Å²) in [6.45, 7) is 1.18. The molecule has 4 heteroatoms. The van der Waals surface area contributed by atoms with Gasteiger partial charge in [0.05, 0.1) is 26.2 Å². The van der Waals surface area contributed by atoms with Gasteiger partial charge in [-0.3, -0.25) is 4.79 Å². The third-order valence-corrected chi connectivity index (χ3v) is 4.40. The fourth-order valence-electron chi connectivity index (χ4n) is 3.22. The molecule has 126 valence electrons. The summed E-state index contributed by atoms with van der Waals surface area (Å²) in [5.74, 6) is 1.51. The van der Waals surface area contributed by atoms with Crippen molar-refractivity contribution in [1.82, 2.24) is 4.90 Å². The first-order chi connectivity index (χ1) is 11.8. The first-order valence-corrected chi connectivity index (χ1v) is 8.40. The minimum atomic E-state index is 0.149. The van der Waals surface area contributed by atoms with E-state index in [2.05, 4.69) is 12.1 Å². The lowest BCUT2D eigenvalue weighted by atomic mass is 10.0. The molecule has 1 fully saturated rings. The molecule has 1 amide bonds. The van der Waals surface area contributed by atoms with Gasteiger partial charge in [0, 0.05) is 6.54 Å². The van der Waals surface area contributed by atoms with Gasteiger partial charge >= 0.3 is 0 Å². The van der Waals surface area contributed by atoms with E-state index in [4.69, 9.17) is 9.47 Å². The van der Waals surface area contributed by atoms with Gasteiger partial charge in [-0.05, 0) is 30.5 Å². The summed E-state index contributed by atoms with van der Waals surface area (Å²) in [6.07, 6.45) is 2.46. The van der Waals surface area contributed by atoms with E-state index in [1.165, 1.54) is 5.56 Å². The van der Waals surface area contributed by atoms with E-state index in [9.17, 15) is 4.79 Å². The quantitative estimate of drug-likeness (QED) is 0.810. The molecule has 1 aliphatic rings. The Morgan fingerprint density at radius 3 is 2.54 bits per heavy atom. The summed E-state index contributed by atoms with van der Waals surface area (Å²) >= 11 is 0. The summed E-state index contributed by atoms with van der Waals surface area (Å²) in [4.78, 5) is 14.6. The number of amides is 1. The molecule has 0 spiro atoms. The van der Waals surface area contributed by atoms with E-state index < -0.39 is 0 Å². The van der Waals surface area contributed by atoms with E-state index >= 15 is 0 Å². The van der Waals surface area contributed by atoms with Crippen LogP contribution in [0.5, 0.6) is 11.5 Å². The zero-order valence-electron chi connectivity index (χ0n) is 14.0. The van der Waals surface area contributed by atoms with E-state index in [0.29, 0.717) is 24.5 Å². The largest absolute Gasteiger partial charge is 0.493 e. The molecule has 3 rings (SSSR count). The lowest BCUT2D eigenvalue weighted by Crippen LogP contribution is -2.31. The highest BCUT2D eigenvalue weighted by molar-refractivity contribution is 5.77. The summed E-state index contributed by atoms with van der Waals surface area (Å²) in [5, 5.41) is 0. The summed E-state index contributed by atoms with van der Waals surface area (Å²) < 4.78 is 11.0. The second-order valence-electron chi connectivity index (χ2n) is 5.91. The number of benzene rings is 2. The molecule has 0 radical (unpaired) electrons. The van der Waals surface area contributed by atoms with Crippen LogP contribution < -0.4 is 9.47 Å². The molecule has 0 aliphatic carbocycles. The van der Waals surface area contributed by atoms with Crippen molar-refractivity contribution in [2.45, 2.75) is 25.3 Å². The molecular weight excluding hydrogens is 302 g/mol. The number of ether oxygens (including phenoxy) is 2. The first kappa shape index (κ1) is 16.4. The topological polar surface area (TPSA) is 38.8 Å². The molecule has 2 aromatic carbocycles. The molecule has 2 aromatic rings. The molecule has 1 saturated heterocycles. The van der Waals surface area contributed by atoms with Crippen LogP contribution in [0.1, 0.15) is 30.9 Å². The molecule has 0 N–H and O–H groups in total. The Bertz CT molecular complexity index is 672. The number of carbonyl (C=O) groups excluding carboxylic acids is 1. The van der Waals surface area contributed by atoms with Crippen molar-refractivity contribution in [3.05, 3.63) is 60.2 Å². The van der Waals surface area contributed by atoms with E-state index in [0.717, 1.165) is 19.4 Å². The van der Waals surface area contributed by atoms with Crippen LogP contribution in [0.25, 0.3) is 0 Å². The number of para-hydroxylation sites is 2. The van der Waals surface area contributed by atoms with E-state index in [1.54, 1.807) is 7.11 Å². The predicted molar refractivity (Wildman–Crippen MR) is 93.2 cm³/mol. The number of hydrogen-bond acceptors (Lipinski definition) is 3. The van der Waals surface area contributed by atoms with Crippen LogP contribution in [0, 0.1) is 0 Å². The lowest BCUT2D eigenvalue weighted by Gasteiger charge is -2.25. The number of nitrogens with zero attached hydrogens (tertiary/aromatic N) is 1. The third kappa shape index (κ3) is 3.70. The molecule has 1 heterocycles. The molecule has 4 nitrogen and oxygen atoms in total. The summed E-state index contributed by atoms with van der Waals surface area (Å²) in [7, 11) is 1.61. The zero-order chi connectivity index (χ0) is 16.8. The van der Waals surface area contributed by atoms with Crippen molar-refractivity contribution in [2.75, 3.05) is 20.3 Å². The van der Waals surface area contributed by atoms with Crippen LogP contribution in [0.4, 0.5) is 0 Å². The third-order valence-electron chi connectivity index (χ3n) is 4.40. The average molecular weight is 325 g/mol. The van der Waals surface area contributed by atoms with Gasteiger partial charge in [0.2, 0.25) is 5.91 Å². The fraction of sp³-hybridized carbons (Fsp3) is 0.350. The Labute approximate surface area is 143 Å². The Balaban J connectivity index is 1.57. The number of likely N-dealkylation sites (tertiary alicyclic amines) is 1. The van der Waals surface area contributed by atoms with Crippen LogP contribution in [-0.2, 0) is 4.79 Å². The number of rotatable bonds is 6. The summed E-state index contributed by atoms with van der Waals surface area (Å²) in [6, 6.07) is 18.0. The van der Waals surface area contributed by atoms with E-state index in [-0.39, 0.29) is 11.9 Å². The van der Waals surface area contributed by atoms with Crippen LogP contribution in [0.3, 0.4) is 0 Å². The van der Waals surface area contributed by atoms with Crippen molar-refractivity contribution in [1.29, 1.82) is 0 Å². The molecule has 0 bridgehead atoms. The second-order valence-corrected chi connectivity index (χ2v) is 5.91.